The van der Waals surface area contributed by atoms with Gasteiger partial charge in [-0.15, -0.1) is 0 Å². The molecule has 7 nitrogen and oxygen atoms in total. The highest BCUT2D eigenvalue weighted by Crippen LogP contribution is 2.31. The number of rotatable bonds is 7. The van der Waals surface area contributed by atoms with Crippen LogP contribution in [0.25, 0.3) is 0 Å². The van der Waals surface area contributed by atoms with E-state index in [-0.39, 0.29) is 12.1 Å². The standard InChI is InChI=1S/C25H36N4O3/c1-18-9-7-8-10-20(18)24-17-29(13-14-32-24)25(26-2)27-16-21(28(3)4)19-11-12-22(30-5)23(15-19)31-6/h7-12,15,21,24H,13-14,16-17H2,1-6H3,(H,26,27). The average molecular weight is 441 g/mol. The first kappa shape index (κ1) is 23.9. The van der Waals surface area contributed by atoms with Crippen molar-refractivity contribution in [1.82, 2.24) is 15.1 Å². The number of hydrogen-bond acceptors (Lipinski definition) is 5. The van der Waals surface area contributed by atoms with Crippen LogP contribution in [0.3, 0.4) is 0 Å². The van der Waals surface area contributed by atoms with Gasteiger partial charge < -0.3 is 29.3 Å². The Morgan fingerprint density at radius 1 is 1.19 bits per heavy atom. The first-order valence-corrected chi connectivity index (χ1v) is 11.0. The lowest BCUT2D eigenvalue weighted by molar-refractivity contribution is -0.00839. The van der Waals surface area contributed by atoms with Crippen molar-refractivity contribution in [3.05, 3.63) is 59.2 Å². The van der Waals surface area contributed by atoms with Crippen molar-refractivity contribution in [2.45, 2.75) is 19.1 Å². The van der Waals surface area contributed by atoms with E-state index in [1.807, 2.05) is 19.2 Å². The zero-order valence-corrected chi connectivity index (χ0v) is 20.1. The maximum absolute atomic E-state index is 6.09. The highest BCUT2D eigenvalue weighted by Gasteiger charge is 2.26. The van der Waals surface area contributed by atoms with Crippen molar-refractivity contribution in [3.63, 3.8) is 0 Å². The predicted molar refractivity (Wildman–Crippen MR) is 129 cm³/mol. The van der Waals surface area contributed by atoms with Crippen LogP contribution in [0, 0.1) is 6.92 Å². The lowest BCUT2D eigenvalue weighted by Crippen LogP contribution is -2.49. The van der Waals surface area contributed by atoms with Crippen molar-refractivity contribution < 1.29 is 14.2 Å². The Hall–Kier alpha value is -2.77. The van der Waals surface area contributed by atoms with Crippen LogP contribution >= 0.6 is 0 Å². The van der Waals surface area contributed by atoms with Gasteiger partial charge in [-0.25, -0.2) is 0 Å². The monoisotopic (exact) mass is 440 g/mol. The Bertz CT molecular complexity index is 916. The fraction of sp³-hybridized carbons (Fsp3) is 0.480. The first-order valence-electron chi connectivity index (χ1n) is 11.0. The van der Waals surface area contributed by atoms with E-state index in [1.165, 1.54) is 11.1 Å². The lowest BCUT2D eigenvalue weighted by atomic mass is 10.0. The second-order valence-electron chi connectivity index (χ2n) is 8.18. The smallest absolute Gasteiger partial charge is 0.193 e. The lowest BCUT2D eigenvalue weighted by Gasteiger charge is -2.36. The van der Waals surface area contributed by atoms with Gasteiger partial charge in [0.25, 0.3) is 0 Å². The molecule has 174 valence electrons. The molecule has 1 aliphatic heterocycles. The summed E-state index contributed by atoms with van der Waals surface area (Å²) in [4.78, 5) is 9.03. The maximum Gasteiger partial charge on any atom is 0.193 e. The Morgan fingerprint density at radius 2 is 1.94 bits per heavy atom. The summed E-state index contributed by atoms with van der Waals surface area (Å²) < 4.78 is 17.0. The van der Waals surface area contributed by atoms with Gasteiger partial charge in [0.05, 0.1) is 33.4 Å². The van der Waals surface area contributed by atoms with Crippen molar-refractivity contribution >= 4 is 5.96 Å². The first-order chi connectivity index (χ1) is 15.5. The Balaban J connectivity index is 1.71. The van der Waals surface area contributed by atoms with Gasteiger partial charge in [0.1, 0.15) is 6.10 Å². The van der Waals surface area contributed by atoms with Crippen LogP contribution in [0.5, 0.6) is 11.5 Å². The number of morpholine rings is 1. The number of nitrogens with zero attached hydrogens (tertiary/aromatic N) is 3. The van der Waals surface area contributed by atoms with Gasteiger partial charge in [-0.1, -0.05) is 30.3 Å². The quantitative estimate of drug-likeness (QED) is 0.527. The summed E-state index contributed by atoms with van der Waals surface area (Å²) in [5.41, 5.74) is 3.64. The fourth-order valence-corrected chi connectivity index (χ4v) is 4.16. The van der Waals surface area contributed by atoms with E-state index < -0.39 is 0 Å². The molecule has 2 aromatic rings. The van der Waals surface area contributed by atoms with Crippen LogP contribution in [0.1, 0.15) is 28.8 Å². The van der Waals surface area contributed by atoms with Crippen molar-refractivity contribution in [2.24, 2.45) is 4.99 Å². The number of guanidine groups is 1. The van der Waals surface area contributed by atoms with Crippen molar-refractivity contribution in [1.29, 1.82) is 0 Å². The summed E-state index contributed by atoms with van der Waals surface area (Å²) in [6.07, 6.45) is 0.0407. The molecular formula is C25H36N4O3. The number of aryl methyl sites for hydroxylation is 1. The van der Waals surface area contributed by atoms with Crippen LogP contribution in [-0.4, -0.2) is 77.4 Å². The number of nitrogens with one attached hydrogen (secondary N) is 1. The average Bonchev–Trinajstić information content (AvgIpc) is 2.81. The number of ether oxygens (including phenoxy) is 3. The minimum Gasteiger partial charge on any atom is -0.493 e. The molecule has 1 heterocycles. The molecule has 1 saturated heterocycles. The number of aliphatic imine (C=N–C) groups is 1. The number of methoxy groups -OCH3 is 2. The summed E-state index contributed by atoms with van der Waals surface area (Å²) in [5.74, 6) is 2.35. The van der Waals surface area contributed by atoms with Crippen molar-refractivity contribution in [2.75, 3.05) is 61.6 Å². The molecule has 7 heteroatoms. The van der Waals surface area contributed by atoms with Gasteiger partial charge in [-0.05, 0) is 49.8 Å². The second kappa shape index (κ2) is 11.2. The molecule has 2 atom stereocenters. The third-order valence-corrected chi connectivity index (χ3v) is 5.98. The molecule has 1 aliphatic rings. The van der Waals surface area contributed by atoms with Gasteiger partial charge in [-0.3, -0.25) is 4.99 Å². The fourth-order valence-electron chi connectivity index (χ4n) is 4.16. The van der Waals surface area contributed by atoms with Crippen LogP contribution in [-0.2, 0) is 4.74 Å². The number of benzene rings is 2. The Morgan fingerprint density at radius 3 is 2.59 bits per heavy atom. The van der Waals surface area contributed by atoms with E-state index in [0.29, 0.717) is 13.2 Å². The molecule has 0 amide bonds. The minimum atomic E-state index is 0.0407. The van der Waals surface area contributed by atoms with E-state index in [2.05, 4.69) is 71.5 Å². The number of hydrogen-bond donors (Lipinski definition) is 1. The molecule has 0 aliphatic carbocycles. The topological polar surface area (TPSA) is 58.6 Å². The number of likely N-dealkylation sites (N-methyl/N-ethyl adjacent to an activating group) is 1. The molecule has 2 unspecified atom stereocenters. The molecule has 0 saturated carbocycles. The van der Waals surface area contributed by atoms with Gasteiger partial charge in [0, 0.05) is 20.1 Å². The molecule has 1 N–H and O–H groups in total. The summed E-state index contributed by atoms with van der Waals surface area (Å²) in [6, 6.07) is 14.6. The van der Waals surface area contributed by atoms with Crippen LogP contribution in [0.15, 0.2) is 47.5 Å². The predicted octanol–water partition coefficient (Wildman–Crippen LogP) is 3.26. The minimum absolute atomic E-state index is 0.0407. The van der Waals surface area contributed by atoms with E-state index >= 15 is 0 Å². The second-order valence-corrected chi connectivity index (χ2v) is 8.18. The van der Waals surface area contributed by atoms with Gasteiger partial charge >= 0.3 is 0 Å². The summed E-state index contributed by atoms with van der Waals surface area (Å²) in [7, 11) is 9.31. The highest BCUT2D eigenvalue weighted by atomic mass is 16.5. The molecule has 0 aromatic heterocycles. The highest BCUT2D eigenvalue weighted by molar-refractivity contribution is 5.80. The molecular weight excluding hydrogens is 404 g/mol. The van der Waals surface area contributed by atoms with Crippen LogP contribution < -0.4 is 14.8 Å². The Kier molecular flexibility index (Phi) is 8.36. The van der Waals surface area contributed by atoms with E-state index in [0.717, 1.165) is 36.1 Å². The zero-order valence-electron chi connectivity index (χ0n) is 20.1. The van der Waals surface area contributed by atoms with Crippen LogP contribution in [0.4, 0.5) is 0 Å². The molecule has 2 aromatic carbocycles. The molecule has 3 rings (SSSR count). The summed E-state index contributed by atoms with van der Waals surface area (Å²) in [6.45, 7) is 5.10. The normalized spacial score (nSPS) is 17.9. The molecule has 32 heavy (non-hydrogen) atoms. The molecule has 0 radical (unpaired) electrons. The summed E-state index contributed by atoms with van der Waals surface area (Å²) >= 11 is 0. The molecule has 0 spiro atoms. The Labute approximate surface area is 192 Å². The van der Waals surface area contributed by atoms with Gasteiger partial charge in [0.2, 0.25) is 0 Å². The van der Waals surface area contributed by atoms with E-state index in [4.69, 9.17) is 14.2 Å². The molecule has 0 bridgehead atoms. The van der Waals surface area contributed by atoms with Gasteiger partial charge in [0.15, 0.2) is 17.5 Å². The maximum atomic E-state index is 6.09. The summed E-state index contributed by atoms with van der Waals surface area (Å²) in [5, 5.41) is 3.58. The molecule has 1 fully saturated rings. The third-order valence-electron chi connectivity index (χ3n) is 5.98. The van der Waals surface area contributed by atoms with E-state index in [1.54, 1.807) is 14.2 Å². The largest absolute Gasteiger partial charge is 0.493 e. The van der Waals surface area contributed by atoms with Crippen LogP contribution in [0.2, 0.25) is 0 Å². The van der Waals surface area contributed by atoms with Crippen molar-refractivity contribution in [3.8, 4) is 11.5 Å². The third kappa shape index (κ3) is 5.53. The zero-order chi connectivity index (χ0) is 23.1. The van der Waals surface area contributed by atoms with E-state index in [9.17, 15) is 0 Å². The van der Waals surface area contributed by atoms with Gasteiger partial charge in [-0.2, -0.15) is 0 Å². The SMILES string of the molecule is CN=C(NCC(c1ccc(OC)c(OC)c1)N(C)C)N1CCOC(c2ccccc2C)C1.